The minimum Gasteiger partial charge on any atom is -0.390 e. The van der Waals surface area contributed by atoms with Gasteiger partial charge in [0.25, 0.3) is 5.91 Å². The summed E-state index contributed by atoms with van der Waals surface area (Å²) in [6.07, 6.45) is 2.84. The molecule has 7 heteroatoms. The van der Waals surface area contributed by atoms with Crippen molar-refractivity contribution in [1.82, 2.24) is 24.8 Å². The Hall–Kier alpha value is -2.64. The first kappa shape index (κ1) is 15.9. The lowest BCUT2D eigenvalue weighted by Crippen LogP contribution is -2.37. The Labute approximate surface area is 145 Å². The van der Waals surface area contributed by atoms with Crippen LogP contribution in [0.4, 0.5) is 0 Å². The molecule has 4 rings (SSSR count). The molecule has 1 unspecified atom stereocenters. The topological polar surface area (TPSA) is 88.3 Å². The van der Waals surface area contributed by atoms with E-state index in [0.29, 0.717) is 38.3 Å². The van der Waals surface area contributed by atoms with Crippen molar-refractivity contribution in [1.29, 1.82) is 0 Å². The van der Waals surface area contributed by atoms with Gasteiger partial charge in [-0.25, -0.2) is 4.98 Å². The van der Waals surface area contributed by atoms with Gasteiger partial charge in [0.2, 0.25) is 0 Å². The zero-order valence-electron chi connectivity index (χ0n) is 13.9. The van der Waals surface area contributed by atoms with Gasteiger partial charge in [0.15, 0.2) is 0 Å². The number of β-amino-alcohol motifs (C(OH)–C–C–N with tert-alkyl or cyclic N) is 1. The molecule has 3 heterocycles. The van der Waals surface area contributed by atoms with Gasteiger partial charge in [0.05, 0.1) is 29.2 Å². The average Bonchev–Trinajstić information content (AvgIpc) is 3.22. The molecule has 2 aromatic heterocycles. The van der Waals surface area contributed by atoms with Crippen LogP contribution < -0.4 is 0 Å². The number of imidazole rings is 1. The molecule has 0 bridgehead atoms. The fraction of sp³-hybridized carbons (Fsp3) is 0.333. The van der Waals surface area contributed by atoms with Gasteiger partial charge >= 0.3 is 0 Å². The number of amides is 1. The summed E-state index contributed by atoms with van der Waals surface area (Å²) < 4.78 is 0. The molecule has 1 aromatic carbocycles. The Kier molecular flexibility index (Phi) is 4.25. The highest BCUT2D eigenvalue weighted by molar-refractivity contribution is 5.94. The van der Waals surface area contributed by atoms with Crippen LogP contribution in [0.1, 0.15) is 16.2 Å². The van der Waals surface area contributed by atoms with Gasteiger partial charge in [-0.15, -0.1) is 0 Å². The second kappa shape index (κ2) is 6.70. The number of nitrogens with zero attached hydrogens (tertiary/aromatic N) is 3. The molecule has 1 saturated heterocycles. The van der Waals surface area contributed by atoms with Gasteiger partial charge in [-0.05, 0) is 18.2 Å². The first-order valence-corrected chi connectivity index (χ1v) is 8.45. The number of para-hydroxylation sites is 2. The first-order chi connectivity index (χ1) is 12.2. The fourth-order valence-corrected chi connectivity index (χ4v) is 3.31. The fourth-order valence-electron chi connectivity index (χ4n) is 3.31. The lowest BCUT2D eigenvalue weighted by Gasteiger charge is -2.21. The number of benzene rings is 1. The predicted octanol–water partition coefficient (Wildman–Crippen LogP) is 1.21. The van der Waals surface area contributed by atoms with Crippen molar-refractivity contribution in [2.75, 3.05) is 26.2 Å². The summed E-state index contributed by atoms with van der Waals surface area (Å²) in [4.78, 5) is 27.2. The number of H-pyrrole nitrogens is 2. The number of carbonyl (C=O) groups excluding carboxylic acids is 1. The van der Waals surface area contributed by atoms with Crippen LogP contribution in [0.5, 0.6) is 0 Å². The third kappa shape index (κ3) is 3.42. The minimum absolute atomic E-state index is 0.0501. The maximum absolute atomic E-state index is 12.5. The number of rotatable bonds is 3. The largest absolute Gasteiger partial charge is 0.390 e. The summed E-state index contributed by atoms with van der Waals surface area (Å²) in [6, 6.07) is 9.67. The maximum atomic E-state index is 12.5. The number of aliphatic hydroxyl groups excluding tert-OH is 1. The van der Waals surface area contributed by atoms with Crippen molar-refractivity contribution < 1.29 is 9.90 Å². The molecule has 0 aliphatic carbocycles. The quantitative estimate of drug-likeness (QED) is 0.669. The van der Waals surface area contributed by atoms with Crippen LogP contribution in [-0.2, 0) is 6.54 Å². The zero-order chi connectivity index (χ0) is 17.2. The number of aromatic amines is 2. The second-order valence-corrected chi connectivity index (χ2v) is 6.44. The van der Waals surface area contributed by atoms with E-state index in [2.05, 4.69) is 19.9 Å². The number of fused-ring (bicyclic) bond motifs is 1. The summed E-state index contributed by atoms with van der Waals surface area (Å²) in [7, 11) is 0. The third-order valence-electron chi connectivity index (χ3n) is 4.53. The van der Waals surface area contributed by atoms with Crippen LogP contribution in [0.15, 0.2) is 42.7 Å². The SMILES string of the molecule is O=C(c1cc[nH]c1)N1CCN(Cc2nc3ccccc3[nH]2)CC(O)C1. The number of hydrogen-bond donors (Lipinski definition) is 3. The Morgan fingerprint density at radius 1 is 1.24 bits per heavy atom. The van der Waals surface area contributed by atoms with Crippen LogP contribution in [0.3, 0.4) is 0 Å². The van der Waals surface area contributed by atoms with Crippen LogP contribution in [0, 0.1) is 0 Å². The Morgan fingerprint density at radius 3 is 2.92 bits per heavy atom. The molecule has 0 saturated carbocycles. The Bertz CT molecular complexity index is 824. The molecule has 3 aromatic rings. The van der Waals surface area contributed by atoms with Gasteiger partial charge in [0.1, 0.15) is 5.82 Å². The Balaban J connectivity index is 1.44. The van der Waals surface area contributed by atoms with E-state index >= 15 is 0 Å². The highest BCUT2D eigenvalue weighted by atomic mass is 16.3. The molecule has 1 fully saturated rings. The highest BCUT2D eigenvalue weighted by Gasteiger charge is 2.25. The zero-order valence-corrected chi connectivity index (χ0v) is 13.9. The predicted molar refractivity (Wildman–Crippen MR) is 94.1 cm³/mol. The van der Waals surface area contributed by atoms with E-state index < -0.39 is 6.10 Å². The third-order valence-corrected chi connectivity index (χ3v) is 4.53. The molecule has 0 radical (unpaired) electrons. The van der Waals surface area contributed by atoms with Crippen molar-refractivity contribution in [3.05, 3.63) is 54.1 Å². The van der Waals surface area contributed by atoms with Crippen molar-refractivity contribution in [3.8, 4) is 0 Å². The van der Waals surface area contributed by atoms with Crippen LogP contribution >= 0.6 is 0 Å². The molecular formula is C18H21N5O2. The molecule has 1 amide bonds. The molecule has 130 valence electrons. The molecule has 1 aliphatic rings. The van der Waals surface area contributed by atoms with Gasteiger partial charge in [0, 0.05) is 38.6 Å². The summed E-state index contributed by atoms with van der Waals surface area (Å²) in [5.41, 5.74) is 2.58. The highest BCUT2D eigenvalue weighted by Crippen LogP contribution is 2.14. The van der Waals surface area contributed by atoms with Crippen molar-refractivity contribution >= 4 is 16.9 Å². The molecule has 25 heavy (non-hydrogen) atoms. The molecule has 1 aliphatic heterocycles. The van der Waals surface area contributed by atoms with Crippen LogP contribution in [-0.4, -0.2) is 68.0 Å². The van der Waals surface area contributed by atoms with E-state index in [1.807, 2.05) is 24.3 Å². The number of aromatic nitrogens is 3. The minimum atomic E-state index is -0.574. The van der Waals surface area contributed by atoms with Gasteiger partial charge in [-0.2, -0.15) is 0 Å². The summed E-state index contributed by atoms with van der Waals surface area (Å²) in [5.74, 6) is 0.824. The molecule has 7 nitrogen and oxygen atoms in total. The summed E-state index contributed by atoms with van der Waals surface area (Å²) in [6.45, 7) is 2.78. The number of hydrogen-bond acceptors (Lipinski definition) is 4. The average molecular weight is 339 g/mol. The van der Waals surface area contributed by atoms with Crippen molar-refractivity contribution in [3.63, 3.8) is 0 Å². The van der Waals surface area contributed by atoms with E-state index in [-0.39, 0.29) is 5.91 Å². The van der Waals surface area contributed by atoms with Gasteiger partial charge in [-0.3, -0.25) is 9.69 Å². The smallest absolute Gasteiger partial charge is 0.255 e. The van der Waals surface area contributed by atoms with Crippen molar-refractivity contribution in [2.45, 2.75) is 12.6 Å². The molecule has 0 spiro atoms. The normalized spacial score (nSPS) is 19.2. The van der Waals surface area contributed by atoms with Crippen LogP contribution in [0.25, 0.3) is 11.0 Å². The lowest BCUT2D eigenvalue weighted by molar-refractivity contribution is 0.0663. The number of carbonyl (C=O) groups is 1. The maximum Gasteiger partial charge on any atom is 0.255 e. The van der Waals surface area contributed by atoms with Crippen LogP contribution in [0.2, 0.25) is 0 Å². The second-order valence-electron chi connectivity index (χ2n) is 6.44. The standard InChI is InChI=1S/C18H21N5O2/c24-14-10-22(12-17-20-15-3-1-2-4-16(15)21-17)7-8-23(11-14)18(25)13-5-6-19-9-13/h1-6,9,14,19,24H,7-8,10-12H2,(H,20,21). The number of nitrogens with one attached hydrogen (secondary N) is 2. The number of aliphatic hydroxyl groups is 1. The van der Waals surface area contributed by atoms with E-state index in [1.54, 1.807) is 23.4 Å². The lowest BCUT2D eigenvalue weighted by atomic mass is 10.2. The summed E-state index contributed by atoms with van der Waals surface area (Å²) in [5, 5.41) is 10.3. The monoisotopic (exact) mass is 339 g/mol. The van der Waals surface area contributed by atoms with E-state index in [1.165, 1.54) is 0 Å². The van der Waals surface area contributed by atoms with E-state index in [0.717, 1.165) is 16.9 Å². The van der Waals surface area contributed by atoms with E-state index in [4.69, 9.17) is 0 Å². The van der Waals surface area contributed by atoms with Gasteiger partial charge < -0.3 is 20.0 Å². The molecule has 1 atom stereocenters. The van der Waals surface area contributed by atoms with Gasteiger partial charge in [-0.1, -0.05) is 12.1 Å². The van der Waals surface area contributed by atoms with E-state index in [9.17, 15) is 9.90 Å². The Morgan fingerprint density at radius 2 is 2.12 bits per heavy atom. The summed E-state index contributed by atoms with van der Waals surface area (Å²) >= 11 is 0. The molecule has 3 N–H and O–H groups in total. The van der Waals surface area contributed by atoms with Crippen molar-refractivity contribution in [2.24, 2.45) is 0 Å². The first-order valence-electron chi connectivity index (χ1n) is 8.45. The molecular weight excluding hydrogens is 318 g/mol.